The molecule has 0 aliphatic heterocycles. The molecule has 0 atom stereocenters. The molecular formula is C13H13N3OS2. The van der Waals surface area contributed by atoms with E-state index in [0.29, 0.717) is 6.54 Å². The zero-order chi connectivity index (χ0) is 13.1. The van der Waals surface area contributed by atoms with Crippen molar-refractivity contribution in [2.75, 3.05) is 6.54 Å². The molecule has 0 bridgehead atoms. The summed E-state index contributed by atoms with van der Waals surface area (Å²) in [5.41, 5.74) is 0. The van der Waals surface area contributed by atoms with Gasteiger partial charge in [0.2, 0.25) is 0 Å². The minimum Gasteiger partial charge on any atom is -0.351 e. The second-order valence-corrected chi connectivity index (χ2v) is 6.19. The third-order valence-electron chi connectivity index (χ3n) is 2.79. The largest absolute Gasteiger partial charge is 0.351 e. The monoisotopic (exact) mass is 291 g/mol. The third-order valence-corrected chi connectivity index (χ3v) is 4.89. The average molecular weight is 291 g/mol. The van der Waals surface area contributed by atoms with Gasteiger partial charge in [-0.25, -0.2) is 4.98 Å². The normalized spacial score (nSPS) is 10.9. The van der Waals surface area contributed by atoms with E-state index in [1.807, 2.05) is 17.6 Å². The molecule has 3 aromatic heterocycles. The number of hydrogen-bond acceptors (Lipinski definition) is 4. The number of fused-ring (bicyclic) bond motifs is 1. The zero-order valence-electron chi connectivity index (χ0n) is 10.2. The predicted octanol–water partition coefficient (Wildman–Crippen LogP) is 3.05. The number of nitrogens with zero attached hydrogens (tertiary/aromatic N) is 1. The van der Waals surface area contributed by atoms with Crippen LogP contribution in [0.1, 0.15) is 21.9 Å². The standard InChI is InChI=1S/C13H13N3OS2/c17-13(11-8-10-9(19-11)3-7-18-10)16-4-1-2-12-14-5-6-15-12/h3,5-8H,1-2,4H2,(H,14,15)(H,16,17). The molecule has 19 heavy (non-hydrogen) atoms. The minimum absolute atomic E-state index is 0.0212. The molecule has 4 nitrogen and oxygen atoms in total. The molecule has 0 spiro atoms. The van der Waals surface area contributed by atoms with Crippen LogP contribution in [0.4, 0.5) is 0 Å². The fraction of sp³-hybridized carbons (Fsp3) is 0.231. The van der Waals surface area contributed by atoms with Crippen LogP contribution in [0.15, 0.2) is 29.9 Å². The van der Waals surface area contributed by atoms with E-state index in [1.54, 1.807) is 28.9 Å². The van der Waals surface area contributed by atoms with E-state index in [0.717, 1.165) is 23.5 Å². The van der Waals surface area contributed by atoms with E-state index in [1.165, 1.54) is 9.40 Å². The summed E-state index contributed by atoms with van der Waals surface area (Å²) in [4.78, 5) is 19.9. The van der Waals surface area contributed by atoms with Gasteiger partial charge in [0, 0.05) is 34.8 Å². The molecule has 0 saturated heterocycles. The lowest BCUT2D eigenvalue weighted by molar-refractivity contribution is 0.0957. The summed E-state index contributed by atoms with van der Waals surface area (Å²) in [6.07, 6.45) is 5.30. The maximum atomic E-state index is 12.0. The molecule has 98 valence electrons. The topological polar surface area (TPSA) is 57.8 Å². The van der Waals surface area contributed by atoms with Crippen LogP contribution in [0.25, 0.3) is 9.40 Å². The van der Waals surface area contributed by atoms with Gasteiger partial charge in [0.05, 0.1) is 4.88 Å². The minimum atomic E-state index is 0.0212. The fourth-order valence-electron chi connectivity index (χ4n) is 1.86. The van der Waals surface area contributed by atoms with Crippen molar-refractivity contribution in [3.63, 3.8) is 0 Å². The highest BCUT2D eigenvalue weighted by atomic mass is 32.1. The number of nitrogens with one attached hydrogen (secondary N) is 2. The van der Waals surface area contributed by atoms with Crippen LogP contribution in [0.5, 0.6) is 0 Å². The lowest BCUT2D eigenvalue weighted by Gasteiger charge is -2.02. The van der Waals surface area contributed by atoms with E-state index < -0.39 is 0 Å². The highest BCUT2D eigenvalue weighted by Crippen LogP contribution is 2.29. The lowest BCUT2D eigenvalue weighted by atomic mass is 10.3. The average Bonchev–Trinajstić information content (AvgIpc) is 3.09. The van der Waals surface area contributed by atoms with E-state index in [2.05, 4.69) is 21.4 Å². The Morgan fingerprint density at radius 2 is 2.37 bits per heavy atom. The van der Waals surface area contributed by atoms with Crippen molar-refractivity contribution in [1.29, 1.82) is 0 Å². The summed E-state index contributed by atoms with van der Waals surface area (Å²) < 4.78 is 2.37. The molecule has 0 radical (unpaired) electrons. The molecule has 3 aromatic rings. The first-order valence-corrected chi connectivity index (χ1v) is 7.76. The summed E-state index contributed by atoms with van der Waals surface area (Å²) in [5.74, 6) is 0.985. The number of thiophene rings is 2. The van der Waals surface area contributed by atoms with Crippen LogP contribution in [-0.4, -0.2) is 22.4 Å². The Morgan fingerprint density at radius 3 is 3.16 bits per heavy atom. The number of aromatic amines is 1. The van der Waals surface area contributed by atoms with Crippen molar-refractivity contribution in [2.24, 2.45) is 0 Å². The summed E-state index contributed by atoms with van der Waals surface area (Å²) >= 11 is 3.22. The highest BCUT2D eigenvalue weighted by Gasteiger charge is 2.10. The van der Waals surface area contributed by atoms with Gasteiger partial charge in [0.1, 0.15) is 5.82 Å². The SMILES string of the molecule is O=C(NCCCc1ncc[nH]1)c1cc2sccc2s1. The second kappa shape index (κ2) is 5.54. The van der Waals surface area contributed by atoms with Crippen molar-refractivity contribution >= 4 is 38.0 Å². The van der Waals surface area contributed by atoms with Crippen molar-refractivity contribution in [3.05, 3.63) is 40.6 Å². The van der Waals surface area contributed by atoms with Crippen LogP contribution in [0.2, 0.25) is 0 Å². The summed E-state index contributed by atoms with van der Waals surface area (Å²) in [6, 6.07) is 4.02. The number of aryl methyl sites for hydroxylation is 1. The Kier molecular flexibility index (Phi) is 3.61. The van der Waals surface area contributed by atoms with Gasteiger partial charge in [-0.2, -0.15) is 0 Å². The Labute approximate surface area is 118 Å². The highest BCUT2D eigenvalue weighted by molar-refractivity contribution is 7.27. The molecule has 0 unspecified atom stereocenters. The molecule has 3 heterocycles. The first-order valence-electron chi connectivity index (χ1n) is 6.06. The number of aromatic nitrogens is 2. The third kappa shape index (κ3) is 2.85. The summed E-state index contributed by atoms with van der Waals surface area (Å²) in [5, 5.41) is 4.99. The van der Waals surface area contributed by atoms with E-state index in [9.17, 15) is 4.79 Å². The van der Waals surface area contributed by atoms with Crippen molar-refractivity contribution < 1.29 is 4.79 Å². The quantitative estimate of drug-likeness (QED) is 0.710. The van der Waals surface area contributed by atoms with Crippen LogP contribution >= 0.6 is 22.7 Å². The molecule has 0 aliphatic rings. The Balaban J connectivity index is 1.50. The molecule has 3 rings (SSSR count). The van der Waals surface area contributed by atoms with Gasteiger partial charge in [0.15, 0.2) is 0 Å². The van der Waals surface area contributed by atoms with E-state index in [-0.39, 0.29) is 5.91 Å². The molecule has 2 N–H and O–H groups in total. The van der Waals surface area contributed by atoms with Gasteiger partial charge in [-0.1, -0.05) is 0 Å². The van der Waals surface area contributed by atoms with Gasteiger partial charge < -0.3 is 10.3 Å². The van der Waals surface area contributed by atoms with E-state index in [4.69, 9.17) is 0 Å². The van der Waals surface area contributed by atoms with Crippen molar-refractivity contribution in [3.8, 4) is 0 Å². The maximum absolute atomic E-state index is 12.0. The number of amides is 1. The van der Waals surface area contributed by atoms with Gasteiger partial charge >= 0.3 is 0 Å². The van der Waals surface area contributed by atoms with Crippen LogP contribution in [0.3, 0.4) is 0 Å². The molecule has 0 fully saturated rings. The number of carbonyl (C=O) groups is 1. The number of rotatable bonds is 5. The van der Waals surface area contributed by atoms with E-state index >= 15 is 0 Å². The Bertz CT molecular complexity index is 641. The Morgan fingerprint density at radius 1 is 1.42 bits per heavy atom. The van der Waals surface area contributed by atoms with Crippen molar-refractivity contribution in [1.82, 2.24) is 15.3 Å². The van der Waals surface area contributed by atoms with Crippen LogP contribution in [0, 0.1) is 0 Å². The molecule has 0 aliphatic carbocycles. The molecule has 0 saturated carbocycles. The first kappa shape index (κ1) is 12.4. The molecule has 1 amide bonds. The summed E-state index contributed by atoms with van der Waals surface area (Å²) in [7, 11) is 0. The number of carbonyl (C=O) groups excluding carboxylic acids is 1. The maximum Gasteiger partial charge on any atom is 0.261 e. The number of H-pyrrole nitrogens is 1. The number of imidazole rings is 1. The fourth-order valence-corrected chi connectivity index (χ4v) is 3.88. The molecule has 6 heteroatoms. The first-order chi connectivity index (χ1) is 9.33. The Hall–Kier alpha value is -1.66. The van der Waals surface area contributed by atoms with Crippen LogP contribution in [-0.2, 0) is 6.42 Å². The zero-order valence-corrected chi connectivity index (χ0v) is 11.8. The van der Waals surface area contributed by atoms with Gasteiger partial charge in [-0.3, -0.25) is 4.79 Å². The molecular weight excluding hydrogens is 278 g/mol. The van der Waals surface area contributed by atoms with Gasteiger partial charge in [-0.05, 0) is 23.9 Å². The molecule has 0 aromatic carbocycles. The van der Waals surface area contributed by atoms with Gasteiger partial charge in [0.25, 0.3) is 5.91 Å². The van der Waals surface area contributed by atoms with Gasteiger partial charge in [-0.15, -0.1) is 22.7 Å². The van der Waals surface area contributed by atoms with Crippen molar-refractivity contribution in [2.45, 2.75) is 12.8 Å². The lowest BCUT2D eigenvalue weighted by Crippen LogP contribution is -2.23. The summed E-state index contributed by atoms with van der Waals surface area (Å²) in [6.45, 7) is 0.672. The smallest absolute Gasteiger partial charge is 0.261 e. The second-order valence-electron chi connectivity index (χ2n) is 4.16. The number of hydrogen-bond donors (Lipinski definition) is 2. The van der Waals surface area contributed by atoms with Crippen LogP contribution < -0.4 is 5.32 Å². The predicted molar refractivity (Wildman–Crippen MR) is 78.9 cm³/mol.